The van der Waals surface area contributed by atoms with Crippen LogP contribution in [0.2, 0.25) is 0 Å². The molecule has 1 rings (SSSR count). The first kappa shape index (κ1) is 12.5. The predicted molar refractivity (Wildman–Crippen MR) is 64.0 cm³/mol. The van der Waals surface area contributed by atoms with Crippen molar-refractivity contribution in [3.05, 3.63) is 30.1 Å². The fourth-order valence-corrected chi connectivity index (χ4v) is 1.38. The number of carbonyl (C=O) groups excluding carboxylic acids is 1. The summed E-state index contributed by atoms with van der Waals surface area (Å²) in [4.78, 5) is 19.6. The summed E-state index contributed by atoms with van der Waals surface area (Å²) in [7, 11) is 1.81. The highest BCUT2D eigenvalue weighted by molar-refractivity contribution is 5.74. The SMILES string of the molecule is CCN(C)C(=O)N(CC)Cc1ccccn1. The number of aromatic nitrogens is 1. The Balaban J connectivity index is 2.66. The van der Waals surface area contributed by atoms with Gasteiger partial charge in [0.05, 0.1) is 12.2 Å². The molecule has 0 bridgehead atoms. The highest BCUT2D eigenvalue weighted by atomic mass is 16.2. The molecular formula is C12H19N3O. The van der Waals surface area contributed by atoms with Crippen LogP contribution in [0.4, 0.5) is 4.79 Å². The molecule has 0 unspecified atom stereocenters. The molecule has 0 spiro atoms. The zero-order valence-corrected chi connectivity index (χ0v) is 10.2. The Morgan fingerprint density at radius 2 is 2.06 bits per heavy atom. The molecule has 1 aromatic heterocycles. The third kappa shape index (κ3) is 3.22. The molecule has 0 aromatic carbocycles. The topological polar surface area (TPSA) is 36.4 Å². The molecular weight excluding hydrogens is 202 g/mol. The molecule has 1 heterocycles. The zero-order valence-electron chi connectivity index (χ0n) is 10.2. The highest BCUT2D eigenvalue weighted by Gasteiger charge is 2.15. The smallest absolute Gasteiger partial charge is 0.320 e. The van der Waals surface area contributed by atoms with Gasteiger partial charge in [-0.2, -0.15) is 0 Å². The van der Waals surface area contributed by atoms with Crippen molar-refractivity contribution in [2.75, 3.05) is 20.1 Å². The van der Waals surface area contributed by atoms with E-state index in [0.717, 1.165) is 12.2 Å². The van der Waals surface area contributed by atoms with Crippen LogP contribution in [-0.4, -0.2) is 41.0 Å². The van der Waals surface area contributed by atoms with E-state index in [4.69, 9.17) is 0 Å². The van der Waals surface area contributed by atoms with Crippen molar-refractivity contribution < 1.29 is 4.79 Å². The van der Waals surface area contributed by atoms with Crippen LogP contribution in [0.3, 0.4) is 0 Å². The van der Waals surface area contributed by atoms with Gasteiger partial charge in [-0.1, -0.05) is 6.07 Å². The fraction of sp³-hybridized carbons (Fsp3) is 0.500. The molecule has 0 atom stereocenters. The first-order chi connectivity index (χ1) is 7.69. The van der Waals surface area contributed by atoms with Gasteiger partial charge in [0.2, 0.25) is 0 Å². The lowest BCUT2D eigenvalue weighted by Gasteiger charge is -2.26. The van der Waals surface area contributed by atoms with Crippen molar-refractivity contribution in [3.8, 4) is 0 Å². The summed E-state index contributed by atoms with van der Waals surface area (Å²) in [6, 6.07) is 5.79. The first-order valence-electron chi connectivity index (χ1n) is 5.59. The quantitative estimate of drug-likeness (QED) is 0.779. The lowest BCUT2D eigenvalue weighted by Crippen LogP contribution is -2.40. The molecule has 0 saturated carbocycles. The summed E-state index contributed by atoms with van der Waals surface area (Å²) in [5.74, 6) is 0. The average Bonchev–Trinajstić information content (AvgIpc) is 2.35. The van der Waals surface area contributed by atoms with Gasteiger partial charge in [0.25, 0.3) is 0 Å². The molecule has 0 N–H and O–H groups in total. The zero-order chi connectivity index (χ0) is 12.0. The second-order valence-corrected chi connectivity index (χ2v) is 3.63. The number of hydrogen-bond acceptors (Lipinski definition) is 2. The maximum atomic E-state index is 11.9. The minimum atomic E-state index is 0.0515. The van der Waals surface area contributed by atoms with Crippen molar-refractivity contribution in [3.63, 3.8) is 0 Å². The summed E-state index contributed by atoms with van der Waals surface area (Å²) in [5, 5.41) is 0. The molecule has 16 heavy (non-hydrogen) atoms. The normalized spacial score (nSPS) is 9.94. The van der Waals surface area contributed by atoms with Crippen LogP contribution in [-0.2, 0) is 6.54 Å². The Kier molecular flexibility index (Phi) is 4.76. The molecule has 0 aliphatic heterocycles. The van der Waals surface area contributed by atoms with E-state index in [1.54, 1.807) is 16.0 Å². The van der Waals surface area contributed by atoms with Gasteiger partial charge in [-0.3, -0.25) is 4.98 Å². The van der Waals surface area contributed by atoms with E-state index >= 15 is 0 Å². The Bertz CT molecular complexity index is 326. The van der Waals surface area contributed by atoms with Crippen LogP contribution >= 0.6 is 0 Å². The van der Waals surface area contributed by atoms with Gasteiger partial charge in [-0.25, -0.2) is 4.79 Å². The number of rotatable bonds is 4. The highest BCUT2D eigenvalue weighted by Crippen LogP contribution is 2.03. The minimum Gasteiger partial charge on any atom is -0.328 e. The van der Waals surface area contributed by atoms with Crippen molar-refractivity contribution in [2.45, 2.75) is 20.4 Å². The van der Waals surface area contributed by atoms with E-state index in [2.05, 4.69) is 4.98 Å². The number of hydrogen-bond donors (Lipinski definition) is 0. The fourth-order valence-electron chi connectivity index (χ4n) is 1.38. The molecule has 0 saturated heterocycles. The van der Waals surface area contributed by atoms with Crippen molar-refractivity contribution in [2.24, 2.45) is 0 Å². The molecule has 4 heteroatoms. The standard InChI is InChI=1S/C12H19N3O/c1-4-14(3)12(16)15(5-2)10-11-8-6-7-9-13-11/h6-9H,4-5,10H2,1-3H3. The largest absolute Gasteiger partial charge is 0.328 e. The molecule has 88 valence electrons. The lowest BCUT2D eigenvalue weighted by molar-refractivity contribution is 0.164. The van der Waals surface area contributed by atoms with E-state index in [1.165, 1.54) is 0 Å². The van der Waals surface area contributed by atoms with E-state index in [9.17, 15) is 4.79 Å². The molecule has 0 radical (unpaired) electrons. The maximum Gasteiger partial charge on any atom is 0.320 e. The van der Waals surface area contributed by atoms with Gasteiger partial charge >= 0.3 is 6.03 Å². The van der Waals surface area contributed by atoms with Crippen LogP contribution < -0.4 is 0 Å². The summed E-state index contributed by atoms with van der Waals surface area (Å²) in [6.45, 7) is 5.93. The van der Waals surface area contributed by atoms with Crippen molar-refractivity contribution >= 4 is 6.03 Å². The van der Waals surface area contributed by atoms with Crippen molar-refractivity contribution in [1.82, 2.24) is 14.8 Å². The van der Waals surface area contributed by atoms with Gasteiger partial charge < -0.3 is 9.80 Å². The second kappa shape index (κ2) is 6.10. The Labute approximate surface area is 96.9 Å². The first-order valence-corrected chi connectivity index (χ1v) is 5.59. The summed E-state index contributed by atoms with van der Waals surface area (Å²) >= 11 is 0. The Morgan fingerprint density at radius 3 is 2.56 bits per heavy atom. The molecule has 1 aromatic rings. The number of urea groups is 1. The number of carbonyl (C=O) groups is 1. The van der Waals surface area contributed by atoms with Crippen LogP contribution in [0.5, 0.6) is 0 Å². The van der Waals surface area contributed by atoms with E-state index in [0.29, 0.717) is 13.1 Å². The molecule has 4 nitrogen and oxygen atoms in total. The predicted octanol–water partition coefficient (Wildman–Crippen LogP) is 1.98. The van der Waals surface area contributed by atoms with Gasteiger partial charge in [0.1, 0.15) is 0 Å². The molecule has 2 amide bonds. The van der Waals surface area contributed by atoms with Gasteiger partial charge in [0, 0.05) is 26.3 Å². The Morgan fingerprint density at radius 1 is 1.31 bits per heavy atom. The monoisotopic (exact) mass is 221 g/mol. The minimum absolute atomic E-state index is 0.0515. The van der Waals surface area contributed by atoms with Crippen LogP contribution in [0, 0.1) is 0 Å². The van der Waals surface area contributed by atoms with E-state index in [-0.39, 0.29) is 6.03 Å². The van der Waals surface area contributed by atoms with E-state index < -0.39 is 0 Å². The number of amides is 2. The number of nitrogens with zero attached hydrogens (tertiary/aromatic N) is 3. The number of pyridine rings is 1. The molecule has 0 aliphatic carbocycles. The van der Waals surface area contributed by atoms with Gasteiger partial charge in [-0.15, -0.1) is 0 Å². The van der Waals surface area contributed by atoms with Crippen molar-refractivity contribution in [1.29, 1.82) is 0 Å². The summed E-state index contributed by atoms with van der Waals surface area (Å²) < 4.78 is 0. The third-order valence-electron chi connectivity index (χ3n) is 2.53. The lowest BCUT2D eigenvalue weighted by atomic mass is 10.3. The van der Waals surface area contributed by atoms with Crippen LogP contribution in [0.25, 0.3) is 0 Å². The summed E-state index contributed by atoms with van der Waals surface area (Å²) in [6.07, 6.45) is 1.75. The second-order valence-electron chi connectivity index (χ2n) is 3.63. The molecule has 0 aliphatic rings. The van der Waals surface area contributed by atoms with Gasteiger partial charge in [-0.05, 0) is 26.0 Å². The van der Waals surface area contributed by atoms with Gasteiger partial charge in [0.15, 0.2) is 0 Å². The Hall–Kier alpha value is -1.58. The van der Waals surface area contributed by atoms with Crippen LogP contribution in [0.15, 0.2) is 24.4 Å². The average molecular weight is 221 g/mol. The van der Waals surface area contributed by atoms with E-state index in [1.807, 2.05) is 39.1 Å². The maximum absolute atomic E-state index is 11.9. The third-order valence-corrected chi connectivity index (χ3v) is 2.53. The summed E-state index contributed by atoms with van der Waals surface area (Å²) in [5.41, 5.74) is 0.919. The molecule has 0 fully saturated rings. The van der Waals surface area contributed by atoms with Crippen LogP contribution in [0.1, 0.15) is 19.5 Å².